The standard InChI is InChI=1S/C21H32O5/c1-14(2)8-6-9-15(3)10-7-11-16-12-17(20(23)25-4)18(13-19(16)22)21(24)26-5/h8,10,12,17-19,22H,6-7,9,11,13H2,1-5H3/b15-10-. The SMILES string of the molecule is COC(=O)C1C=C(CC/C=C(/C)CCC=C(C)C)C(O)CC1C(=O)OC. The Balaban J connectivity index is 2.75. The number of hydrogen-bond acceptors (Lipinski definition) is 5. The number of esters is 2. The summed E-state index contributed by atoms with van der Waals surface area (Å²) in [5.74, 6) is -2.37. The largest absolute Gasteiger partial charge is 0.469 e. The Morgan fingerprint density at radius 3 is 2.35 bits per heavy atom. The molecule has 26 heavy (non-hydrogen) atoms. The van der Waals surface area contributed by atoms with Crippen molar-refractivity contribution >= 4 is 11.9 Å². The van der Waals surface area contributed by atoms with E-state index in [-0.39, 0.29) is 6.42 Å². The second kappa shape index (κ2) is 11.0. The van der Waals surface area contributed by atoms with Gasteiger partial charge in [0.2, 0.25) is 0 Å². The molecule has 0 saturated carbocycles. The number of aliphatic hydroxyl groups is 1. The van der Waals surface area contributed by atoms with Crippen LogP contribution < -0.4 is 0 Å². The first kappa shape index (κ1) is 22.2. The van der Waals surface area contributed by atoms with Crippen molar-refractivity contribution in [2.24, 2.45) is 11.8 Å². The summed E-state index contributed by atoms with van der Waals surface area (Å²) in [6.45, 7) is 6.29. The van der Waals surface area contributed by atoms with Crippen LogP contribution in [0.3, 0.4) is 0 Å². The zero-order valence-corrected chi connectivity index (χ0v) is 16.6. The normalized spacial score (nSPS) is 23.1. The van der Waals surface area contributed by atoms with Crippen LogP contribution in [0, 0.1) is 11.8 Å². The predicted molar refractivity (Wildman–Crippen MR) is 101 cm³/mol. The van der Waals surface area contributed by atoms with E-state index in [1.165, 1.54) is 25.4 Å². The van der Waals surface area contributed by atoms with Crippen molar-refractivity contribution in [2.45, 2.75) is 59.0 Å². The molecule has 0 fully saturated rings. The molecule has 3 unspecified atom stereocenters. The zero-order valence-electron chi connectivity index (χ0n) is 16.6. The van der Waals surface area contributed by atoms with Crippen molar-refractivity contribution in [1.29, 1.82) is 0 Å². The molecule has 3 atom stereocenters. The lowest BCUT2D eigenvalue weighted by molar-refractivity contribution is -0.157. The van der Waals surface area contributed by atoms with Crippen LogP contribution in [0.2, 0.25) is 0 Å². The summed E-state index contributed by atoms with van der Waals surface area (Å²) >= 11 is 0. The molecule has 0 radical (unpaired) electrons. The second-order valence-electron chi connectivity index (χ2n) is 7.08. The van der Waals surface area contributed by atoms with Gasteiger partial charge in [0.1, 0.15) is 0 Å². The van der Waals surface area contributed by atoms with Gasteiger partial charge in [-0.3, -0.25) is 9.59 Å². The Morgan fingerprint density at radius 1 is 1.12 bits per heavy atom. The van der Waals surface area contributed by atoms with Crippen LogP contribution in [0.25, 0.3) is 0 Å². The first-order chi connectivity index (χ1) is 12.3. The number of methoxy groups -OCH3 is 2. The van der Waals surface area contributed by atoms with Crippen molar-refractivity contribution in [3.63, 3.8) is 0 Å². The number of rotatable bonds is 8. The molecule has 0 spiro atoms. The van der Waals surface area contributed by atoms with Gasteiger partial charge in [0.25, 0.3) is 0 Å². The lowest BCUT2D eigenvalue weighted by Crippen LogP contribution is -2.37. The molecule has 0 saturated heterocycles. The highest BCUT2D eigenvalue weighted by Crippen LogP contribution is 2.33. The average Bonchev–Trinajstić information content (AvgIpc) is 2.61. The Bertz CT molecular complexity index is 581. The molecule has 5 nitrogen and oxygen atoms in total. The molecule has 0 heterocycles. The van der Waals surface area contributed by atoms with Crippen LogP contribution in [-0.2, 0) is 19.1 Å². The maximum absolute atomic E-state index is 12.0. The lowest BCUT2D eigenvalue weighted by Gasteiger charge is -2.30. The first-order valence-electron chi connectivity index (χ1n) is 9.13. The van der Waals surface area contributed by atoms with Crippen LogP contribution in [-0.4, -0.2) is 37.4 Å². The second-order valence-corrected chi connectivity index (χ2v) is 7.08. The summed E-state index contributed by atoms with van der Waals surface area (Å²) < 4.78 is 9.58. The Morgan fingerprint density at radius 2 is 1.77 bits per heavy atom. The van der Waals surface area contributed by atoms with Crippen LogP contribution in [0.15, 0.2) is 34.9 Å². The number of hydrogen-bond donors (Lipinski definition) is 1. The summed E-state index contributed by atoms with van der Waals surface area (Å²) in [6.07, 6.45) is 9.02. The molecule has 5 heteroatoms. The molecule has 0 bridgehead atoms. The zero-order chi connectivity index (χ0) is 19.7. The minimum absolute atomic E-state index is 0.182. The van der Waals surface area contributed by atoms with Crippen molar-refractivity contribution in [3.8, 4) is 0 Å². The van der Waals surface area contributed by atoms with E-state index in [1.54, 1.807) is 6.08 Å². The first-order valence-corrected chi connectivity index (χ1v) is 9.13. The molecular formula is C21H32O5. The van der Waals surface area contributed by atoms with Crippen molar-refractivity contribution in [2.75, 3.05) is 14.2 Å². The molecule has 1 N–H and O–H groups in total. The fourth-order valence-corrected chi connectivity index (χ4v) is 3.18. The van der Waals surface area contributed by atoms with Crippen LogP contribution >= 0.6 is 0 Å². The van der Waals surface area contributed by atoms with E-state index in [0.29, 0.717) is 6.42 Å². The van der Waals surface area contributed by atoms with Crippen molar-refractivity contribution < 1.29 is 24.2 Å². The van der Waals surface area contributed by atoms with Crippen molar-refractivity contribution in [3.05, 3.63) is 34.9 Å². The number of ether oxygens (including phenoxy) is 2. The van der Waals surface area contributed by atoms with Crippen molar-refractivity contribution in [1.82, 2.24) is 0 Å². The van der Waals surface area contributed by atoms with E-state index < -0.39 is 29.9 Å². The third-order valence-electron chi connectivity index (χ3n) is 4.73. The molecular weight excluding hydrogens is 332 g/mol. The van der Waals surface area contributed by atoms with Gasteiger partial charge in [-0.05, 0) is 58.4 Å². The number of carbonyl (C=O) groups is 2. The van der Waals surface area contributed by atoms with E-state index in [0.717, 1.165) is 24.8 Å². The topological polar surface area (TPSA) is 72.8 Å². The summed E-state index contributed by atoms with van der Waals surface area (Å²) in [4.78, 5) is 23.9. The van der Waals surface area contributed by atoms with E-state index in [2.05, 4.69) is 32.9 Å². The summed E-state index contributed by atoms with van der Waals surface area (Å²) in [5.41, 5.74) is 3.42. The Hall–Kier alpha value is -1.88. The van der Waals surface area contributed by atoms with Gasteiger partial charge in [-0.2, -0.15) is 0 Å². The van der Waals surface area contributed by atoms with Gasteiger partial charge in [0.05, 0.1) is 32.2 Å². The molecule has 0 aromatic rings. The van der Waals surface area contributed by atoms with Gasteiger partial charge in [0.15, 0.2) is 0 Å². The lowest BCUT2D eigenvalue weighted by atomic mass is 9.78. The highest BCUT2D eigenvalue weighted by molar-refractivity contribution is 5.84. The van der Waals surface area contributed by atoms with Crippen LogP contribution in [0.5, 0.6) is 0 Å². The molecule has 0 aliphatic heterocycles. The van der Waals surface area contributed by atoms with Gasteiger partial charge < -0.3 is 14.6 Å². The van der Waals surface area contributed by atoms with Gasteiger partial charge in [-0.25, -0.2) is 0 Å². The minimum atomic E-state index is -0.737. The molecule has 1 rings (SSSR count). The van der Waals surface area contributed by atoms with Crippen LogP contribution in [0.4, 0.5) is 0 Å². The molecule has 0 aromatic carbocycles. The maximum atomic E-state index is 12.0. The number of allylic oxidation sites excluding steroid dienone is 4. The average molecular weight is 364 g/mol. The molecule has 0 aromatic heterocycles. The quantitative estimate of drug-likeness (QED) is 0.525. The highest BCUT2D eigenvalue weighted by Gasteiger charge is 2.39. The molecule has 1 aliphatic rings. The Labute approximate surface area is 156 Å². The van der Waals surface area contributed by atoms with Gasteiger partial charge >= 0.3 is 11.9 Å². The highest BCUT2D eigenvalue weighted by atomic mass is 16.5. The van der Waals surface area contributed by atoms with Gasteiger partial charge in [-0.15, -0.1) is 0 Å². The van der Waals surface area contributed by atoms with E-state index in [1.807, 2.05) is 0 Å². The summed E-state index contributed by atoms with van der Waals surface area (Å²) in [5, 5.41) is 10.4. The minimum Gasteiger partial charge on any atom is -0.469 e. The molecule has 1 aliphatic carbocycles. The fraction of sp³-hybridized carbons (Fsp3) is 0.619. The van der Waals surface area contributed by atoms with E-state index >= 15 is 0 Å². The van der Waals surface area contributed by atoms with E-state index in [4.69, 9.17) is 9.47 Å². The third-order valence-corrected chi connectivity index (χ3v) is 4.73. The smallest absolute Gasteiger partial charge is 0.313 e. The molecule has 146 valence electrons. The summed E-state index contributed by atoms with van der Waals surface area (Å²) in [7, 11) is 2.58. The maximum Gasteiger partial charge on any atom is 0.313 e. The van der Waals surface area contributed by atoms with Crippen LogP contribution in [0.1, 0.15) is 52.9 Å². The van der Waals surface area contributed by atoms with E-state index in [9.17, 15) is 14.7 Å². The third kappa shape index (κ3) is 6.79. The predicted octanol–water partition coefficient (Wildman–Crippen LogP) is 3.73. The monoisotopic (exact) mass is 364 g/mol. The Kier molecular flexibility index (Phi) is 9.35. The summed E-state index contributed by atoms with van der Waals surface area (Å²) in [6, 6.07) is 0. The number of aliphatic hydroxyl groups excluding tert-OH is 1. The number of carbonyl (C=O) groups excluding carboxylic acids is 2. The fourth-order valence-electron chi connectivity index (χ4n) is 3.18. The van der Waals surface area contributed by atoms with Gasteiger partial charge in [-0.1, -0.05) is 29.4 Å². The van der Waals surface area contributed by atoms with Gasteiger partial charge in [0, 0.05) is 0 Å². The molecule has 0 amide bonds.